The van der Waals surface area contributed by atoms with Crippen molar-refractivity contribution in [1.29, 1.82) is 0 Å². The molecule has 0 radical (unpaired) electrons. The molecule has 0 fully saturated rings. The molecule has 0 bridgehead atoms. The molecule has 3 aromatic rings. The SMILES string of the molecule is Cc1ccc2sc(C(=O)NCc3ccsc3)c(N)c2c1. The van der Waals surface area contributed by atoms with Gasteiger partial charge in [0.2, 0.25) is 0 Å². The van der Waals surface area contributed by atoms with Crippen LogP contribution in [0, 0.1) is 6.92 Å². The Morgan fingerprint density at radius 2 is 2.20 bits per heavy atom. The van der Waals surface area contributed by atoms with Crippen LogP contribution in [-0.2, 0) is 6.54 Å². The lowest BCUT2D eigenvalue weighted by Gasteiger charge is -2.02. The number of carbonyl (C=O) groups is 1. The fourth-order valence-corrected chi connectivity index (χ4v) is 3.74. The minimum absolute atomic E-state index is 0.104. The number of hydrogen-bond donors (Lipinski definition) is 2. The fraction of sp³-hybridized carbons (Fsp3) is 0.133. The smallest absolute Gasteiger partial charge is 0.263 e. The highest BCUT2D eigenvalue weighted by molar-refractivity contribution is 7.21. The first-order valence-corrected chi connectivity index (χ1v) is 7.99. The zero-order chi connectivity index (χ0) is 14.1. The molecule has 3 N–H and O–H groups in total. The molecule has 5 heteroatoms. The third kappa shape index (κ3) is 2.42. The van der Waals surface area contributed by atoms with Gasteiger partial charge < -0.3 is 11.1 Å². The van der Waals surface area contributed by atoms with Gasteiger partial charge in [0.1, 0.15) is 4.88 Å². The van der Waals surface area contributed by atoms with Crippen LogP contribution in [0.5, 0.6) is 0 Å². The number of carbonyl (C=O) groups excluding carboxylic acids is 1. The van der Waals surface area contributed by atoms with Gasteiger partial charge in [0.15, 0.2) is 0 Å². The highest BCUT2D eigenvalue weighted by atomic mass is 32.1. The lowest BCUT2D eigenvalue weighted by molar-refractivity contribution is 0.0956. The number of nitrogens with one attached hydrogen (secondary N) is 1. The Morgan fingerprint density at radius 1 is 1.35 bits per heavy atom. The van der Waals surface area contributed by atoms with Crippen LogP contribution in [0.25, 0.3) is 10.1 Å². The Hall–Kier alpha value is -1.85. The van der Waals surface area contributed by atoms with E-state index in [9.17, 15) is 4.79 Å². The zero-order valence-corrected chi connectivity index (χ0v) is 12.6. The molecule has 2 heterocycles. The lowest BCUT2D eigenvalue weighted by atomic mass is 10.1. The molecule has 0 aliphatic heterocycles. The van der Waals surface area contributed by atoms with Crippen molar-refractivity contribution in [2.24, 2.45) is 0 Å². The number of amides is 1. The van der Waals surface area contributed by atoms with Gasteiger partial charge in [-0.1, -0.05) is 11.6 Å². The topological polar surface area (TPSA) is 55.1 Å². The molecule has 0 aliphatic carbocycles. The molecule has 0 aliphatic rings. The highest BCUT2D eigenvalue weighted by Gasteiger charge is 2.16. The molecule has 0 saturated heterocycles. The first-order chi connectivity index (χ1) is 9.65. The summed E-state index contributed by atoms with van der Waals surface area (Å²) in [7, 11) is 0. The molecule has 1 amide bonds. The van der Waals surface area contributed by atoms with E-state index in [0.717, 1.165) is 21.2 Å². The summed E-state index contributed by atoms with van der Waals surface area (Å²) < 4.78 is 1.05. The maximum absolute atomic E-state index is 12.2. The molecule has 20 heavy (non-hydrogen) atoms. The standard InChI is InChI=1S/C15H14N2OS2/c1-9-2-3-12-11(6-9)13(16)14(20-12)15(18)17-7-10-4-5-19-8-10/h2-6,8H,7,16H2,1H3,(H,17,18). The van der Waals surface area contributed by atoms with Gasteiger partial charge in [-0.05, 0) is 41.4 Å². The van der Waals surface area contributed by atoms with Crippen molar-refractivity contribution < 1.29 is 4.79 Å². The van der Waals surface area contributed by atoms with E-state index in [-0.39, 0.29) is 5.91 Å². The number of anilines is 1. The summed E-state index contributed by atoms with van der Waals surface area (Å²) in [5.74, 6) is -0.104. The van der Waals surface area contributed by atoms with Gasteiger partial charge in [-0.25, -0.2) is 0 Å². The van der Waals surface area contributed by atoms with Crippen molar-refractivity contribution in [3.8, 4) is 0 Å². The van der Waals surface area contributed by atoms with Gasteiger partial charge in [-0.15, -0.1) is 11.3 Å². The number of rotatable bonds is 3. The molecule has 1 aromatic carbocycles. The summed E-state index contributed by atoms with van der Waals surface area (Å²) >= 11 is 3.07. The van der Waals surface area contributed by atoms with Crippen LogP contribution in [-0.4, -0.2) is 5.91 Å². The second kappa shape index (κ2) is 5.26. The van der Waals surface area contributed by atoms with E-state index in [2.05, 4.69) is 5.32 Å². The highest BCUT2D eigenvalue weighted by Crippen LogP contribution is 2.34. The average Bonchev–Trinajstić information content (AvgIpc) is 3.05. The average molecular weight is 302 g/mol. The molecule has 2 aromatic heterocycles. The minimum Gasteiger partial charge on any atom is -0.397 e. The first kappa shape index (κ1) is 13.1. The molecular formula is C15H14N2OS2. The zero-order valence-electron chi connectivity index (χ0n) is 11.0. The largest absolute Gasteiger partial charge is 0.397 e. The second-order valence-electron chi connectivity index (χ2n) is 4.66. The third-order valence-electron chi connectivity index (χ3n) is 3.12. The maximum Gasteiger partial charge on any atom is 0.263 e. The van der Waals surface area contributed by atoms with E-state index in [4.69, 9.17) is 5.73 Å². The monoisotopic (exact) mass is 302 g/mol. The molecule has 0 unspecified atom stereocenters. The summed E-state index contributed by atoms with van der Waals surface area (Å²) in [5.41, 5.74) is 8.95. The van der Waals surface area contributed by atoms with Crippen LogP contribution in [0.3, 0.4) is 0 Å². The molecular weight excluding hydrogens is 288 g/mol. The normalized spacial score (nSPS) is 10.8. The van der Waals surface area contributed by atoms with Crippen molar-refractivity contribution >= 4 is 44.4 Å². The van der Waals surface area contributed by atoms with Gasteiger partial charge in [0.25, 0.3) is 5.91 Å². The van der Waals surface area contributed by atoms with Crippen LogP contribution in [0.15, 0.2) is 35.0 Å². The molecule has 0 saturated carbocycles. The van der Waals surface area contributed by atoms with Gasteiger partial charge >= 0.3 is 0 Å². The van der Waals surface area contributed by atoms with Crippen molar-refractivity contribution in [2.75, 3.05) is 5.73 Å². The van der Waals surface area contributed by atoms with Crippen LogP contribution in [0.1, 0.15) is 20.8 Å². The van der Waals surface area contributed by atoms with Crippen molar-refractivity contribution in [1.82, 2.24) is 5.32 Å². The van der Waals surface area contributed by atoms with Crippen molar-refractivity contribution in [3.63, 3.8) is 0 Å². The number of aryl methyl sites for hydroxylation is 1. The van der Waals surface area contributed by atoms with E-state index >= 15 is 0 Å². The third-order valence-corrected chi connectivity index (χ3v) is 5.04. The maximum atomic E-state index is 12.2. The number of nitrogens with two attached hydrogens (primary N) is 1. The number of thiophene rings is 2. The van der Waals surface area contributed by atoms with Gasteiger partial charge in [-0.2, -0.15) is 11.3 Å². The van der Waals surface area contributed by atoms with E-state index in [1.165, 1.54) is 11.3 Å². The Kier molecular flexibility index (Phi) is 3.46. The van der Waals surface area contributed by atoms with Gasteiger partial charge in [-0.3, -0.25) is 4.79 Å². The van der Waals surface area contributed by atoms with Gasteiger partial charge in [0.05, 0.1) is 5.69 Å². The van der Waals surface area contributed by atoms with Gasteiger partial charge in [0, 0.05) is 16.6 Å². The first-order valence-electron chi connectivity index (χ1n) is 6.23. The number of fused-ring (bicyclic) bond motifs is 1. The van der Waals surface area contributed by atoms with Crippen LogP contribution < -0.4 is 11.1 Å². The number of hydrogen-bond acceptors (Lipinski definition) is 4. The second-order valence-corrected chi connectivity index (χ2v) is 6.49. The quantitative estimate of drug-likeness (QED) is 0.773. The Morgan fingerprint density at radius 3 is 2.95 bits per heavy atom. The van der Waals surface area contributed by atoms with Crippen LogP contribution >= 0.6 is 22.7 Å². The molecule has 3 nitrogen and oxygen atoms in total. The summed E-state index contributed by atoms with van der Waals surface area (Å²) in [6, 6.07) is 8.08. The predicted octanol–water partition coefficient (Wildman–Crippen LogP) is 3.78. The van der Waals surface area contributed by atoms with E-state index in [0.29, 0.717) is 17.1 Å². The number of benzene rings is 1. The number of nitrogen functional groups attached to an aromatic ring is 1. The molecule has 0 atom stereocenters. The molecule has 0 spiro atoms. The van der Waals surface area contributed by atoms with E-state index < -0.39 is 0 Å². The van der Waals surface area contributed by atoms with E-state index in [1.807, 2.05) is 41.9 Å². The summed E-state index contributed by atoms with van der Waals surface area (Å²) in [5, 5.41) is 7.91. The fourth-order valence-electron chi connectivity index (χ4n) is 2.06. The summed E-state index contributed by atoms with van der Waals surface area (Å²) in [4.78, 5) is 12.8. The Bertz CT molecular complexity index is 760. The molecule has 102 valence electrons. The van der Waals surface area contributed by atoms with Crippen molar-refractivity contribution in [2.45, 2.75) is 13.5 Å². The summed E-state index contributed by atoms with van der Waals surface area (Å²) in [6.07, 6.45) is 0. The van der Waals surface area contributed by atoms with Crippen LogP contribution in [0.4, 0.5) is 5.69 Å². The van der Waals surface area contributed by atoms with E-state index in [1.54, 1.807) is 11.3 Å². The molecule has 3 rings (SSSR count). The van der Waals surface area contributed by atoms with Crippen molar-refractivity contribution in [3.05, 3.63) is 51.0 Å². The Balaban J connectivity index is 1.86. The summed E-state index contributed by atoms with van der Waals surface area (Å²) in [6.45, 7) is 2.56. The lowest BCUT2D eigenvalue weighted by Crippen LogP contribution is -2.22. The predicted molar refractivity (Wildman–Crippen MR) is 86.5 cm³/mol. The minimum atomic E-state index is -0.104. The Labute approximate surface area is 125 Å². The van der Waals surface area contributed by atoms with Crippen LogP contribution in [0.2, 0.25) is 0 Å².